The summed E-state index contributed by atoms with van der Waals surface area (Å²) in [6, 6.07) is 12.3. The largest absolute Gasteiger partial charge is 0.388 e. The maximum atomic E-state index is 13.0. The molecule has 4 heteroatoms. The molecule has 2 aromatic rings. The number of hydrogen-bond donors (Lipinski definition) is 2. The molecule has 0 saturated carbocycles. The van der Waals surface area contributed by atoms with E-state index in [0.717, 1.165) is 17.1 Å². The summed E-state index contributed by atoms with van der Waals surface area (Å²) >= 11 is 5.70. The molecule has 2 nitrogen and oxygen atoms in total. The SMILES string of the molecule is CNc1ccc(Nc2ccc(F)c(Cl)c2)cc1. The fourth-order valence-corrected chi connectivity index (χ4v) is 1.64. The Labute approximate surface area is 104 Å². The van der Waals surface area contributed by atoms with E-state index in [1.54, 1.807) is 12.1 Å². The second-order valence-electron chi connectivity index (χ2n) is 3.58. The van der Waals surface area contributed by atoms with Gasteiger partial charge in [0, 0.05) is 24.1 Å². The summed E-state index contributed by atoms with van der Waals surface area (Å²) in [6.07, 6.45) is 0. The van der Waals surface area contributed by atoms with Crippen molar-refractivity contribution >= 4 is 28.7 Å². The average Bonchev–Trinajstić information content (AvgIpc) is 2.35. The van der Waals surface area contributed by atoms with Crippen molar-refractivity contribution in [3.63, 3.8) is 0 Å². The average molecular weight is 251 g/mol. The minimum Gasteiger partial charge on any atom is -0.388 e. The van der Waals surface area contributed by atoms with Crippen LogP contribution in [0.5, 0.6) is 0 Å². The predicted molar refractivity (Wildman–Crippen MR) is 70.7 cm³/mol. The van der Waals surface area contributed by atoms with Gasteiger partial charge in [0.2, 0.25) is 0 Å². The van der Waals surface area contributed by atoms with Crippen LogP contribution in [-0.4, -0.2) is 7.05 Å². The zero-order valence-electron chi connectivity index (χ0n) is 9.30. The summed E-state index contributed by atoms with van der Waals surface area (Å²) in [4.78, 5) is 0. The van der Waals surface area contributed by atoms with Crippen LogP contribution in [0.3, 0.4) is 0 Å². The first-order valence-electron chi connectivity index (χ1n) is 5.19. The van der Waals surface area contributed by atoms with E-state index in [2.05, 4.69) is 10.6 Å². The van der Waals surface area contributed by atoms with Crippen LogP contribution < -0.4 is 10.6 Å². The molecule has 88 valence electrons. The number of rotatable bonds is 3. The van der Waals surface area contributed by atoms with Crippen molar-refractivity contribution in [2.75, 3.05) is 17.7 Å². The molecule has 2 aromatic carbocycles. The van der Waals surface area contributed by atoms with Gasteiger partial charge in [0.1, 0.15) is 5.82 Å². The first-order valence-corrected chi connectivity index (χ1v) is 5.57. The number of benzene rings is 2. The Kier molecular flexibility index (Phi) is 3.49. The van der Waals surface area contributed by atoms with Crippen molar-refractivity contribution in [2.24, 2.45) is 0 Å². The van der Waals surface area contributed by atoms with Crippen molar-refractivity contribution in [3.8, 4) is 0 Å². The van der Waals surface area contributed by atoms with E-state index < -0.39 is 5.82 Å². The maximum absolute atomic E-state index is 13.0. The molecule has 0 saturated heterocycles. The highest BCUT2D eigenvalue weighted by molar-refractivity contribution is 6.31. The Morgan fingerprint density at radius 1 is 0.941 bits per heavy atom. The maximum Gasteiger partial charge on any atom is 0.141 e. The topological polar surface area (TPSA) is 24.1 Å². The lowest BCUT2D eigenvalue weighted by atomic mass is 10.2. The zero-order chi connectivity index (χ0) is 12.3. The van der Waals surface area contributed by atoms with Crippen molar-refractivity contribution in [3.05, 3.63) is 53.3 Å². The second-order valence-corrected chi connectivity index (χ2v) is 3.99. The van der Waals surface area contributed by atoms with Crippen LogP contribution in [0.1, 0.15) is 0 Å². The predicted octanol–water partition coefficient (Wildman–Crippen LogP) is 4.26. The molecule has 0 atom stereocenters. The quantitative estimate of drug-likeness (QED) is 0.850. The molecule has 0 aromatic heterocycles. The van der Waals surface area contributed by atoms with Crippen LogP contribution in [0.15, 0.2) is 42.5 Å². The van der Waals surface area contributed by atoms with Crippen LogP contribution in [0.25, 0.3) is 0 Å². The van der Waals surface area contributed by atoms with E-state index in [9.17, 15) is 4.39 Å². The summed E-state index contributed by atoms with van der Waals surface area (Å²) in [7, 11) is 1.86. The van der Waals surface area contributed by atoms with Crippen molar-refractivity contribution in [2.45, 2.75) is 0 Å². The van der Waals surface area contributed by atoms with Gasteiger partial charge in [-0.25, -0.2) is 4.39 Å². The molecular formula is C13H12ClFN2. The fraction of sp³-hybridized carbons (Fsp3) is 0.0769. The zero-order valence-corrected chi connectivity index (χ0v) is 10.1. The molecule has 0 radical (unpaired) electrons. The highest BCUT2D eigenvalue weighted by atomic mass is 35.5. The summed E-state index contributed by atoms with van der Waals surface area (Å²) < 4.78 is 13.0. The van der Waals surface area contributed by atoms with E-state index in [0.29, 0.717) is 0 Å². The van der Waals surface area contributed by atoms with E-state index in [1.807, 2.05) is 31.3 Å². The summed E-state index contributed by atoms with van der Waals surface area (Å²) in [5, 5.41) is 6.29. The van der Waals surface area contributed by atoms with Gasteiger partial charge in [-0.2, -0.15) is 0 Å². The second kappa shape index (κ2) is 5.06. The van der Waals surface area contributed by atoms with Gasteiger partial charge in [0.05, 0.1) is 5.02 Å². The third-order valence-corrected chi connectivity index (χ3v) is 2.67. The standard InChI is InChI=1S/C13H12ClFN2/c1-16-9-2-4-10(5-3-9)17-11-6-7-13(15)12(14)8-11/h2-8,16-17H,1H3. The van der Waals surface area contributed by atoms with Crippen LogP contribution in [-0.2, 0) is 0 Å². The summed E-state index contributed by atoms with van der Waals surface area (Å²) in [5.41, 5.74) is 2.72. The molecule has 17 heavy (non-hydrogen) atoms. The molecule has 2 N–H and O–H groups in total. The molecule has 0 fully saturated rings. The van der Waals surface area contributed by atoms with E-state index in [4.69, 9.17) is 11.6 Å². The minimum atomic E-state index is -0.414. The lowest BCUT2D eigenvalue weighted by Crippen LogP contribution is -1.92. The number of hydrogen-bond acceptors (Lipinski definition) is 2. The Morgan fingerprint density at radius 2 is 1.53 bits per heavy atom. The molecule has 0 heterocycles. The number of anilines is 3. The van der Waals surface area contributed by atoms with E-state index >= 15 is 0 Å². The highest BCUT2D eigenvalue weighted by Gasteiger charge is 2.01. The van der Waals surface area contributed by atoms with Gasteiger partial charge in [-0.1, -0.05) is 11.6 Å². The third-order valence-electron chi connectivity index (χ3n) is 2.38. The Hall–Kier alpha value is -1.74. The van der Waals surface area contributed by atoms with Crippen LogP contribution in [0.2, 0.25) is 5.02 Å². The molecule has 0 bridgehead atoms. The summed E-state index contributed by atoms with van der Waals surface area (Å²) in [6.45, 7) is 0. The lowest BCUT2D eigenvalue weighted by molar-refractivity contribution is 0.628. The van der Waals surface area contributed by atoms with Gasteiger partial charge >= 0.3 is 0 Å². The molecule has 0 spiro atoms. The normalized spacial score (nSPS) is 10.1. The van der Waals surface area contributed by atoms with Gasteiger partial charge < -0.3 is 10.6 Å². The molecule has 0 aliphatic heterocycles. The van der Waals surface area contributed by atoms with E-state index in [1.165, 1.54) is 6.07 Å². The Balaban J connectivity index is 2.16. The van der Waals surface area contributed by atoms with E-state index in [-0.39, 0.29) is 5.02 Å². The molecule has 0 aliphatic carbocycles. The van der Waals surface area contributed by atoms with Crippen LogP contribution >= 0.6 is 11.6 Å². The smallest absolute Gasteiger partial charge is 0.141 e. The molecule has 0 unspecified atom stereocenters. The van der Waals surface area contributed by atoms with Gasteiger partial charge in [-0.3, -0.25) is 0 Å². The van der Waals surface area contributed by atoms with Crippen molar-refractivity contribution in [1.82, 2.24) is 0 Å². The monoisotopic (exact) mass is 250 g/mol. The van der Waals surface area contributed by atoms with Crippen molar-refractivity contribution in [1.29, 1.82) is 0 Å². The molecule has 0 aliphatic rings. The number of halogens is 2. The number of nitrogens with one attached hydrogen (secondary N) is 2. The highest BCUT2D eigenvalue weighted by Crippen LogP contribution is 2.23. The minimum absolute atomic E-state index is 0.113. The van der Waals surface area contributed by atoms with Gasteiger partial charge in [-0.15, -0.1) is 0 Å². The van der Waals surface area contributed by atoms with Gasteiger partial charge in [0.15, 0.2) is 0 Å². The Morgan fingerprint density at radius 3 is 2.12 bits per heavy atom. The van der Waals surface area contributed by atoms with Gasteiger partial charge in [-0.05, 0) is 42.5 Å². The van der Waals surface area contributed by atoms with Crippen LogP contribution in [0, 0.1) is 5.82 Å². The molecule has 0 amide bonds. The lowest BCUT2D eigenvalue weighted by Gasteiger charge is -2.08. The Bertz CT molecular complexity index is 511. The summed E-state index contributed by atoms with van der Waals surface area (Å²) in [5.74, 6) is -0.414. The molecule has 2 rings (SSSR count). The first kappa shape index (κ1) is 11.7. The first-order chi connectivity index (χ1) is 8.19. The fourth-order valence-electron chi connectivity index (χ4n) is 1.46. The van der Waals surface area contributed by atoms with Gasteiger partial charge in [0.25, 0.3) is 0 Å². The van der Waals surface area contributed by atoms with Crippen LogP contribution in [0.4, 0.5) is 21.5 Å². The molecular weight excluding hydrogens is 239 g/mol. The van der Waals surface area contributed by atoms with Crippen molar-refractivity contribution < 1.29 is 4.39 Å². The third kappa shape index (κ3) is 2.88.